The molecule has 0 aliphatic carbocycles. The molecule has 1 aromatic heterocycles. The Bertz CT molecular complexity index is 535. The molecule has 1 unspecified atom stereocenters. The summed E-state index contributed by atoms with van der Waals surface area (Å²) in [6.45, 7) is 2.01. The Morgan fingerprint density at radius 1 is 1.22 bits per heavy atom. The van der Waals surface area contributed by atoms with E-state index in [1.165, 1.54) is 0 Å². The minimum atomic E-state index is -0.385. The molecule has 18 heavy (non-hydrogen) atoms. The van der Waals surface area contributed by atoms with E-state index in [9.17, 15) is 5.11 Å². The fourth-order valence-electron chi connectivity index (χ4n) is 2.68. The molecule has 0 bridgehead atoms. The van der Waals surface area contributed by atoms with Crippen molar-refractivity contribution in [2.24, 2.45) is 5.92 Å². The van der Waals surface area contributed by atoms with Crippen LogP contribution in [0.15, 0.2) is 36.5 Å². The van der Waals surface area contributed by atoms with E-state index in [0.717, 1.165) is 42.4 Å². The topological polar surface area (TPSA) is 45.2 Å². The van der Waals surface area contributed by atoms with Crippen molar-refractivity contribution in [2.45, 2.75) is 18.9 Å². The second kappa shape index (κ2) is 5.04. The number of pyridine rings is 1. The zero-order chi connectivity index (χ0) is 12.4. The van der Waals surface area contributed by atoms with Crippen molar-refractivity contribution in [1.29, 1.82) is 0 Å². The molecule has 0 saturated carbocycles. The van der Waals surface area contributed by atoms with Gasteiger partial charge in [0.2, 0.25) is 0 Å². The highest BCUT2D eigenvalue weighted by Crippen LogP contribution is 2.29. The summed E-state index contributed by atoms with van der Waals surface area (Å²) >= 11 is 0. The maximum absolute atomic E-state index is 10.4. The molecule has 0 radical (unpaired) electrons. The standard InChI is InChI=1S/C15H18N2O/c18-15(11-5-7-16-8-6-11)13-9-12-3-1-2-4-14(12)17-10-13/h1-4,9-11,15-16,18H,5-8H2. The Kier molecular flexibility index (Phi) is 3.26. The molecule has 1 saturated heterocycles. The number of para-hydroxylation sites is 1. The molecule has 2 N–H and O–H groups in total. The fraction of sp³-hybridized carbons (Fsp3) is 0.400. The molecule has 3 rings (SSSR count). The van der Waals surface area contributed by atoms with Crippen LogP contribution in [0.5, 0.6) is 0 Å². The van der Waals surface area contributed by atoms with E-state index in [1.54, 1.807) is 0 Å². The number of benzene rings is 1. The predicted molar refractivity (Wildman–Crippen MR) is 72.3 cm³/mol. The van der Waals surface area contributed by atoms with Crippen molar-refractivity contribution < 1.29 is 5.11 Å². The highest BCUT2D eigenvalue weighted by Gasteiger charge is 2.23. The van der Waals surface area contributed by atoms with E-state index in [2.05, 4.69) is 16.4 Å². The molecular weight excluding hydrogens is 224 g/mol. The average Bonchev–Trinajstić information content (AvgIpc) is 2.47. The zero-order valence-electron chi connectivity index (χ0n) is 10.3. The Hall–Kier alpha value is -1.45. The van der Waals surface area contributed by atoms with E-state index in [-0.39, 0.29) is 6.10 Å². The van der Waals surface area contributed by atoms with Gasteiger partial charge in [-0.15, -0.1) is 0 Å². The first-order valence-corrected chi connectivity index (χ1v) is 6.58. The number of fused-ring (bicyclic) bond motifs is 1. The lowest BCUT2D eigenvalue weighted by molar-refractivity contribution is 0.0888. The number of aromatic nitrogens is 1. The van der Waals surface area contributed by atoms with Crippen LogP contribution < -0.4 is 5.32 Å². The van der Waals surface area contributed by atoms with Gasteiger partial charge in [-0.3, -0.25) is 4.98 Å². The largest absolute Gasteiger partial charge is 0.388 e. The second-order valence-corrected chi connectivity index (χ2v) is 4.99. The smallest absolute Gasteiger partial charge is 0.0834 e. The highest BCUT2D eigenvalue weighted by atomic mass is 16.3. The summed E-state index contributed by atoms with van der Waals surface area (Å²) in [5.41, 5.74) is 1.93. The third-order valence-corrected chi connectivity index (χ3v) is 3.78. The number of aliphatic hydroxyl groups excluding tert-OH is 1. The van der Waals surface area contributed by atoms with Crippen molar-refractivity contribution in [1.82, 2.24) is 10.3 Å². The number of hydrogen-bond donors (Lipinski definition) is 2. The van der Waals surface area contributed by atoms with Gasteiger partial charge in [0.05, 0.1) is 11.6 Å². The third kappa shape index (κ3) is 2.24. The normalized spacial score (nSPS) is 18.9. The lowest BCUT2D eigenvalue weighted by Crippen LogP contribution is -2.30. The first-order chi connectivity index (χ1) is 8.84. The average molecular weight is 242 g/mol. The van der Waals surface area contributed by atoms with Crippen LogP contribution in [0.2, 0.25) is 0 Å². The van der Waals surface area contributed by atoms with Crippen LogP contribution in [0.3, 0.4) is 0 Å². The van der Waals surface area contributed by atoms with Gasteiger partial charge in [0.15, 0.2) is 0 Å². The van der Waals surface area contributed by atoms with Gasteiger partial charge in [0.25, 0.3) is 0 Å². The molecule has 0 spiro atoms. The molecule has 1 aliphatic heterocycles. The molecule has 1 fully saturated rings. The minimum Gasteiger partial charge on any atom is -0.388 e. The number of rotatable bonds is 2. The number of aliphatic hydroxyl groups is 1. The van der Waals surface area contributed by atoms with Gasteiger partial charge in [-0.05, 0) is 49.5 Å². The first-order valence-electron chi connectivity index (χ1n) is 6.58. The van der Waals surface area contributed by atoms with E-state index in [0.29, 0.717) is 5.92 Å². The van der Waals surface area contributed by atoms with Crippen LogP contribution in [0, 0.1) is 5.92 Å². The molecule has 0 amide bonds. The lowest BCUT2D eigenvalue weighted by atomic mass is 9.88. The molecule has 1 aromatic carbocycles. The van der Waals surface area contributed by atoms with Gasteiger partial charge in [0.1, 0.15) is 0 Å². The maximum Gasteiger partial charge on any atom is 0.0834 e. The molecule has 1 atom stereocenters. The molecule has 3 heteroatoms. The van der Waals surface area contributed by atoms with Crippen LogP contribution in [0.4, 0.5) is 0 Å². The Balaban J connectivity index is 1.88. The molecule has 3 nitrogen and oxygen atoms in total. The zero-order valence-corrected chi connectivity index (χ0v) is 10.3. The fourth-order valence-corrected chi connectivity index (χ4v) is 2.68. The summed E-state index contributed by atoms with van der Waals surface area (Å²) in [4.78, 5) is 4.42. The molecule has 1 aliphatic rings. The van der Waals surface area contributed by atoms with Crippen molar-refractivity contribution in [2.75, 3.05) is 13.1 Å². The van der Waals surface area contributed by atoms with E-state index in [4.69, 9.17) is 0 Å². The summed E-state index contributed by atoms with van der Waals surface area (Å²) < 4.78 is 0. The van der Waals surface area contributed by atoms with E-state index in [1.807, 2.05) is 30.5 Å². The van der Waals surface area contributed by atoms with Crippen LogP contribution in [-0.2, 0) is 0 Å². The van der Waals surface area contributed by atoms with Crippen LogP contribution in [0.25, 0.3) is 10.9 Å². The van der Waals surface area contributed by atoms with E-state index < -0.39 is 0 Å². The van der Waals surface area contributed by atoms with Crippen LogP contribution >= 0.6 is 0 Å². The SMILES string of the molecule is OC(c1cnc2ccccc2c1)C1CCNCC1. The van der Waals surface area contributed by atoms with Gasteiger partial charge in [0, 0.05) is 11.6 Å². The monoisotopic (exact) mass is 242 g/mol. The van der Waals surface area contributed by atoms with Gasteiger partial charge in [-0.25, -0.2) is 0 Å². The number of hydrogen-bond acceptors (Lipinski definition) is 3. The summed E-state index contributed by atoms with van der Waals surface area (Å²) in [5, 5.41) is 14.9. The van der Waals surface area contributed by atoms with Crippen LogP contribution in [0.1, 0.15) is 24.5 Å². The second-order valence-electron chi connectivity index (χ2n) is 4.99. The van der Waals surface area contributed by atoms with E-state index >= 15 is 0 Å². The number of nitrogens with zero attached hydrogens (tertiary/aromatic N) is 1. The molecule has 94 valence electrons. The molecule has 2 heterocycles. The Morgan fingerprint density at radius 3 is 2.83 bits per heavy atom. The minimum absolute atomic E-state index is 0.356. The Labute approximate surface area is 107 Å². The summed E-state index contributed by atoms with van der Waals surface area (Å²) in [6.07, 6.45) is 3.50. The van der Waals surface area contributed by atoms with Gasteiger partial charge in [-0.2, -0.15) is 0 Å². The van der Waals surface area contributed by atoms with Crippen molar-refractivity contribution in [3.05, 3.63) is 42.1 Å². The molecule has 2 aromatic rings. The first kappa shape index (κ1) is 11.6. The van der Waals surface area contributed by atoms with Crippen molar-refractivity contribution in [3.63, 3.8) is 0 Å². The summed E-state index contributed by atoms with van der Waals surface area (Å²) in [7, 11) is 0. The maximum atomic E-state index is 10.4. The van der Waals surface area contributed by atoms with Gasteiger partial charge < -0.3 is 10.4 Å². The van der Waals surface area contributed by atoms with Gasteiger partial charge in [-0.1, -0.05) is 18.2 Å². The van der Waals surface area contributed by atoms with Crippen molar-refractivity contribution in [3.8, 4) is 0 Å². The Morgan fingerprint density at radius 2 is 2.00 bits per heavy atom. The number of nitrogens with one attached hydrogen (secondary N) is 1. The summed E-state index contributed by atoms with van der Waals surface area (Å²) in [5.74, 6) is 0.356. The summed E-state index contributed by atoms with van der Waals surface area (Å²) in [6, 6.07) is 10.1. The predicted octanol–water partition coefficient (Wildman–Crippen LogP) is 2.27. The van der Waals surface area contributed by atoms with Crippen LogP contribution in [-0.4, -0.2) is 23.2 Å². The van der Waals surface area contributed by atoms with Gasteiger partial charge >= 0.3 is 0 Å². The molecular formula is C15H18N2O. The quantitative estimate of drug-likeness (QED) is 0.849. The van der Waals surface area contributed by atoms with Crippen molar-refractivity contribution >= 4 is 10.9 Å². The number of piperidine rings is 1. The highest BCUT2D eigenvalue weighted by molar-refractivity contribution is 5.78. The third-order valence-electron chi connectivity index (χ3n) is 3.78. The lowest BCUT2D eigenvalue weighted by Gasteiger charge is -2.27.